The Balaban J connectivity index is 1.99. The normalized spacial score (nSPS) is 12.6. The average molecular weight is 338 g/mol. The Morgan fingerprint density at radius 1 is 1.45 bits per heavy atom. The summed E-state index contributed by atoms with van der Waals surface area (Å²) in [4.78, 5) is 4.34. The van der Waals surface area contributed by atoms with Gasteiger partial charge in [-0.3, -0.25) is 20.9 Å². The molecular weight excluding hydrogens is 318 g/mol. The zero-order valence-electron chi connectivity index (χ0n) is 11.8. The van der Waals surface area contributed by atoms with Crippen LogP contribution >= 0.6 is 15.9 Å². The van der Waals surface area contributed by atoms with Crippen molar-refractivity contribution in [1.29, 1.82) is 0 Å². The van der Waals surface area contributed by atoms with Crippen LogP contribution < -0.4 is 11.3 Å². The monoisotopic (exact) mass is 337 g/mol. The van der Waals surface area contributed by atoms with Gasteiger partial charge in [-0.05, 0) is 47.8 Å². The van der Waals surface area contributed by atoms with Crippen LogP contribution in [0.2, 0.25) is 0 Å². The highest BCUT2D eigenvalue weighted by Crippen LogP contribution is 2.22. The maximum Gasteiger partial charge on any atom is 0.0738 e. The number of hydrogen-bond acceptors (Lipinski definition) is 4. The topological polar surface area (TPSA) is 68.8 Å². The van der Waals surface area contributed by atoms with Crippen molar-refractivity contribution in [2.75, 3.05) is 0 Å². The Morgan fingerprint density at radius 3 is 2.80 bits per heavy atom. The SMILES string of the molecule is Cc1nn(C)c(CC(CCc2ccccn2)NN)c1Br. The zero-order valence-corrected chi connectivity index (χ0v) is 13.4. The zero-order chi connectivity index (χ0) is 14.5. The molecule has 1 atom stereocenters. The van der Waals surface area contributed by atoms with Crippen LogP contribution in [-0.2, 0) is 19.9 Å². The lowest BCUT2D eigenvalue weighted by Gasteiger charge is -2.16. The van der Waals surface area contributed by atoms with Gasteiger partial charge in [-0.15, -0.1) is 0 Å². The third-order valence-electron chi connectivity index (χ3n) is 3.41. The van der Waals surface area contributed by atoms with Gasteiger partial charge in [-0.25, -0.2) is 0 Å². The molecule has 5 nitrogen and oxygen atoms in total. The quantitative estimate of drug-likeness (QED) is 0.623. The molecular formula is C14H20BrN5. The Hall–Kier alpha value is -1.24. The van der Waals surface area contributed by atoms with Crippen molar-refractivity contribution in [3.63, 3.8) is 0 Å². The van der Waals surface area contributed by atoms with E-state index in [1.807, 2.05) is 43.0 Å². The number of nitrogens with one attached hydrogen (secondary N) is 1. The third kappa shape index (κ3) is 3.65. The minimum Gasteiger partial charge on any atom is -0.271 e. The molecule has 20 heavy (non-hydrogen) atoms. The highest BCUT2D eigenvalue weighted by molar-refractivity contribution is 9.10. The lowest BCUT2D eigenvalue weighted by molar-refractivity contribution is 0.475. The molecule has 0 bridgehead atoms. The lowest BCUT2D eigenvalue weighted by atomic mass is 10.0. The standard InChI is InChI=1S/C14H20BrN5/c1-10-14(15)13(20(2)19-10)9-12(18-16)7-6-11-5-3-4-8-17-11/h3-5,8,12,18H,6-7,9,16H2,1-2H3. The van der Waals surface area contributed by atoms with E-state index in [1.165, 1.54) is 0 Å². The van der Waals surface area contributed by atoms with Crippen molar-refractivity contribution in [2.24, 2.45) is 12.9 Å². The fourth-order valence-electron chi connectivity index (χ4n) is 2.25. The Kier molecular flexibility index (Phi) is 5.28. The van der Waals surface area contributed by atoms with Gasteiger partial charge >= 0.3 is 0 Å². The molecule has 2 heterocycles. The number of rotatable bonds is 6. The van der Waals surface area contributed by atoms with E-state index in [2.05, 4.69) is 31.4 Å². The maximum absolute atomic E-state index is 5.68. The molecule has 0 spiro atoms. The van der Waals surface area contributed by atoms with Gasteiger partial charge in [0.2, 0.25) is 0 Å². The predicted octanol–water partition coefficient (Wildman–Crippen LogP) is 1.89. The minimum absolute atomic E-state index is 0.197. The van der Waals surface area contributed by atoms with Crippen LogP contribution in [0.4, 0.5) is 0 Å². The molecule has 2 aromatic heterocycles. The first-order chi connectivity index (χ1) is 9.61. The molecule has 0 aromatic carbocycles. The van der Waals surface area contributed by atoms with Crippen LogP contribution in [0.1, 0.15) is 23.5 Å². The van der Waals surface area contributed by atoms with Crippen molar-refractivity contribution in [1.82, 2.24) is 20.2 Å². The number of aryl methyl sites for hydroxylation is 3. The molecule has 0 aliphatic rings. The summed E-state index contributed by atoms with van der Waals surface area (Å²) in [6, 6.07) is 6.17. The summed E-state index contributed by atoms with van der Waals surface area (Å²) >= 11 is 3.59. The molecule has 2 aromatic rings. The van der Waals surface area contributed by atoms with E-state index in [9.17, 15) is 0 Å². The van der Waals surface area contributed by atoms with Crippen LogP contribution in [0.5, 0.6) is 0 Å². The summed E-state index contributed by atoms with van der Waals surface area (Å²) in [6.07, 6.45) is 4.50. The van der Waals surface area contributed by atoms with Crippen molar-refractivity contribution in [2.45, 2.75) is 32.2 Å². The van der Waals surface area contributed by atoms with Crippen LogP contribution in [-0.4, -0.2) is 20.8 Å². The smallest absolute Gasteiger partial charge is 0.0738 e. The molecule has 0 aliphatic carbocycles. The molecule has 0 saturated carbocycles. The molecule has 3 N–H and O–H groups in total. The van der Waals surface area contributed by atoms with E-state index in [-0.39, 0.29) is 6.04 Å². The Morgan fingerprint density at radius 2 is 2.25 bits per heavy atom. The number of nitrogens with two attached hydrogens (primary N) is 1. The highest BCUT2D eigenvalue weighted by Gasteiger charge is 2.16. The molecule has 0 fully saturated rings. The first kappa shape index (κ1) is 15.2. The molecule has 1 unspecified atom stereocenters. The van der Waals surface area contributed by atoms with E-state index in [1.54, 1.807) is 0 Å². The Labute approximate surface area is 127 Å². The van der Waals surface area contributed by atoms with Crippen molar-refractivity contribution >= 4 is 15.9 Å². The van der Waals surface area contributed by atoms with E-state index in [0.717, 1.165) is 40.8 Å². The van der Waals surface area contributed by atoms with Crippen molar-refractivity contribution < 1.29 is 0 Å². The average Bonchev–Trinajstić information content (AvgIpc) is 2.70. The van der Waals surface area contributed by atoms with E-state index < -0.39 is 0 Å². The Bertz CT molecular complexity index is 552. The fraction of sp³-hybridized carbons (Fsp3) is 0.429. The van der Waals surface area contributed by atoms with Gasteiger partial charge in [0.05, 0.1) is 15.9 Å². The molecule has 6 heteroatoms. The van der Waals surface area contributed by atoms with Crippen LogP contribution in [0, 0.1) is 6.92 Å². The number of halogens is 1. The lowest BCUT2D eigenvalue weighted by Crippen LogP contribution is -2.37. The van der Waals surface area contributed by atoms with E-state index >= 15 is 0 Å². The molecule has 0 saturated heterocycles. The van der Waals surface area contributed by atoms with Crippen molar-refractivity contribution in [3.05, 3.63) is 46.0 Å². The summed E-state index contributed by atoms with van der Waals surface area (Å²) in [5.41, 5.74) is 6.15. The number of hydrazine groups is 1. The van der Waals surface area contributed by atoms with Gasteiger partial charge in [0.1, 0.15) is 0 Å². The molecule has 0 amide bonds. The number of nitrogens with zero attached hydrogens (tertiary/aromatic N) is 3. The largest absolute Gasteiger partial charge is 0.271 e. The molecule has 0 radical (unpaired) electrons. The number of pyridine rings is 1. The van der Waals surface area contributed by atoms with Crippen LogP contribution in [0.3, 0.4) is 0 Å². The number of hydrogen-bond donors (Lipinski definition) is 2. The third-order valence-corrected chi connectivity index (χ3v) is 4.44. The predicted molar refractivity (Wildman–Crippen MR) is 83.0 cm³/mol. The molecule has 0 aliphatic heterocycles. The van der Waals surface area contributed by atoms with E-state index in [4.69, 9.17) is 5.84 Å². The van der Waals surface area contributed by atoms with Gasteiger partial charge in [0, 0.05) is 31.4 Å². The maximum atomic E-state index is 5.68. The van der Waals surface area contributed by atoms with Crippen LogP contribution in [0.25, 0.3) is 0 Å². The first-order valence-corrected chi connectivity index (χ1v) is 7.45. The second-order valence-electron chi connectivity index (χ2n) is 4.90. The summed E-state index contributed by atoms with van der Waals surface area (Å²) < 4.78 is 2.97. The van der Waals surface area contributed by atoms with Crippen molar-refractivity contribution in [3.8, 4) is 0 Å². The summed E-state index contributed by atoms with van der Waals surface area (Å²) in [5.74, 6) is 5.68. The van der Waals surface area contributed by atoms with E-state index in [0.29, 0.717) is 0 Å². The summed E-state index contributed by atoms with van der Waals surface area (Å²) in [7, 11) is 1.96. The van der Waals surface area contributed by atoms with Crippen LogP contribution in [0.15, 0.2) is 28.9 Å². The minimum atomic E-state index is 0.197. The molecule has 108 valence electrons. The first-order valence-electron chi connectivity index (χ1n) is 6.65. The number of aromatic nitrogens is 3. The van der Waals surface area contributed by atoms with Gasteiger partial charge in [-0.1, -0.05) is 6.07 Å². The second-order valence-corrected chi connectivity index (χ2v) is 5.69. The summed E-state index contributed by atoms with van der Waals surface area (Å²) in [6.45, 7) is 1.99. The fourth-order valence-corrected chi connectivity index (χ4v) is 2.75. The van der Waals surface area contributed by atoms with Gasteiger partial charge in [0.25, 0.3) is 0 Å². The van der Waals surface area contributed by atoms with Gasteiger partial charge in [-0.2, -0.15) is 5.10 Å². The summed E-state index contributed by atoms with van der Waals surface area (Å²) in [5, 5.41) is 4.41. The molecule has 2 rings (SSSR count). The highest BCUT2D eigenvalue weighted by atomic mass is 79.9. The second kappa shape index (κ2) is 6.97. The van der Waals surface area contributed by atoms with Gasteiger partial charge < -0.3 is 0 Å². The van der Waals surface area contributed by atoms with Gasteiger partial charge in [0.15, 0.2) is 0 Å².